The number of morpholine rings is 1. The molecule has 1 fully saturated rings. The number of allylic oxidation sites excluding steroid dienone is 1. The second-order valence-electron chi connectivity index (χ2n) is 6.17. The van der Waals surface area contributed by atoms with E-state index in [-0.39, 0.29) is 29.3 Å². The summed E-state index contributed by atoms with van der Waals surface area (Å²) in [6.45, 7) is 5.04. The number of rotatable bonds is 5. The maximum Gasteiger partial charge on any atom is 0.294 e. The number of nitriles is 1. The smallest absolute Gasteiger partial charge is 0.294 e. The van der Waals surface area contributed by atoms with Crippen LogP contribution in [0, 0.1) is 21.4 Å². The van der Waals surface area contributed by atoms with Crippen molar-refractivity contribution in [2.24, 2.45) is 0 Å². The minimum absolute atomic E-state index is 0.0118. The molecule has 1 saturated heterocycles. The lowest BCUT2D eigenvalue weighted by molar-refractivity contribution is -0.384. The summed E-state index contributed by atoms with van der Waals surface area (Å²) in [5, 5.41) is 36.8. The van der Waals surface area contributed by atoms with Crippen LogP contribution in [0.15, 0.2) is 24.4 Å². The van der Waals surface area contributed by atoms with Crippen LogP contribution in [0.25, 0.3) is 5.57 Å². The Morgan fingerprint density at radius 3 is 2.81 bits per heavy atom. The Balaban J connectivity index is 1.86. The molecule has 3 rings (SSSR count). The van der Waals surface area contributed by atoms with Crippen molar-refractivity contribution in [3.63, 3.8) is 0 Å². The molecule has 2 aromatic rings. The standard InChI is InChI=1S/C16H18N8O3/c1-10-8-23(9-11(2)27-10)14-4-3-13(5-15(14)24(25)26)18-7-12(6-17)16-19-21-22-20-16/h3-5,7,10-11,18H,8-9H2,1-2H3,(H,19,20,21,22). The Kier molecular flexibility index (Phi) is 5.28. The number of nitro groups is 1. The van der Waals surface area contributed by atoms with E-state index in [9.17, 15) is 15.4 Å². The summed E-state index contributed by atoms with van der Waals surface area (Å²) < 4.78 is 5.69. The number of hydrogen-bond acceptors (Lipinski definition) is 9. The van der Waals surface area contributed by atoms with Gasteiger partial charge in [-0.2, -0.15) is 10.5 Å². The zero-order chi connectivity index (χ0) is 19.4. The Morgan fingerprint density at radius 1 is 1.48 bits per heavy atom. The third kappa shape index (κ3) is 4.18. The monoisotopic (exact) mass is 370 g/mol. The van der Waals surface area contributed by atoms with Gasteiger partial charge < -0.3 is 15.0 Å². The highest BCUT2D eigenvalue weighted by atomic mass is 16.6. The van der Waals surface area contributed by atoms with Gasteiger partial charge in [-0.25, -0.2) is 0 Å². The van der Waals surface area contributed by atoms with Gasteiger partial charge in [-0.3, -0.25) is 10.1 Å². The van der Waals surface area contributed by atoms with Crippen LogP contribution in [0.3, 0.4) is 0 Å². The zero-order valence-electron chi connectivity index (χ0n) is 14.8. The number of ether oxygens (including phenoxy) is 1. The van der Waals surface area contributed by atoms with E-state index in [1.165, 1.54) is 12.3 Å². The van der Waals surface area contributed by atoms with Gasteiger partial charge in [0.25, 0.3) is 5.69 Å². The summed E-state index contributed by atoms with van der Waals surface area (Å²) in [6.07, 6.45) is 1.35. The molecule has 0 amide bonds. The van der Waals surface area contributed by atoms with E-state index in [4.69, 9.17) is 4.74 Å². The second-order valence-corrected chi connectivity index (χ2v) is 6.17. The normalized spacial score (nSPS) is 20.2. The molecule has 140 valence electrons. The van der Waals surface area contributed by atoms with Crippen LogP contribution in [0.2, 0.25) is 0 Å². The highest BCUT2D eigenvalue weighted by Crippen LogP contribution is 2.33. The minimum atomic E-state index is -0.417. The first-order chi connectivity index (χ1) is 13.0. The van der Waals surface area contributed by atoms with Crippen molar-refractivity contribution in [3.8, 4) is 6.07 Å². The fourth-order valence-corrected chi connectivity index (χ4v) is 2.98. The summed E-state index contributed by atoms with van der Waals surface area (Å²) in [6, 6.07) is 6.79. The van der Waals surface area contributed by atoms with E-state index in [1.54, 1.807) is 12.1 Å². The van der Waals surface area contributed by atoms with Crippen molar-refractivity contribution < 1.29 is 9.66 Å². The Hall–Kier alpha value is -3.52. The average Bonchev–Trinajstić information content (AvgIpc) is 3.15. The van der Waals surface area contributed by atoms with Gasteiger partial charge in [-0.15, -0.1) is 10.2 Å². The third-order valence-corrected chi connectivity index (χ3v) is 4.02. The maximum atomic E-state index is 11.6. The molecular weight excluding hydrogens is 352 g/mol. The lowest BCUT2D eigenvalue weighted by Gasteiger charge is -2.36. The van der Waals surface area contributed by atoms with Crippen molar-refractivity contribution in [1.29, 1.82) is 5.26 Å². The van der Waals surface area contributed by atoms with E-state index < -0.39 is 4.92 Å². The number of aromatic amines is 1. The molecule has 2 N–H and O–H groups in total. The maximum absolute atomic E-state index is 11.6. The molecule has 27 heavy (non-hydrogen) atoms. The lowest BCUT2D eigenvalue weighted by atomic mass is 10.1. The molecule has 11 heteroatoms. The van der Waals surface area contributed by atoms with Gasteiger partial charge in [-0.1, -0.05) is 0 Å². The van der Waals surface area contributed by atoms with Crippen LogP contribution < -0.4 is 10.2 Å². The molecule has 0 bridgehead atoms. The molecule has 0 aliphatic carbocycles. The number of tetrazole rings is 1. The number of nitrogens with one attached hydrogen (secondary N) is 2. The quantitative estimate of drug-likeness (QED) is 0.456. The molecule has 1 aliphatic rings. The van der Waals surface area contributed by atoms with Crippen molar-refractivity contribution in [2.45, 2.75) is 26.1 Å². The number of hydrogen-bond donors (Lipinski definition) is 2. The molecule has 1 aromatic carbocycles. The van der Waals surface area contributed by atoms with E-state index in [0.29, 0.717) is 24.5 Å². The van der Waals surface area contributed by atoms with Crippen molar-refractivity contribution in [3.05, 3.63) is 40.3 Å². The molecule has 11 nitrogen and oxygen atoms in total. The van der Waals surface area contributed by atoms with E-state index >= 15 is 0 Å². The molecule has 0 spiro atoms. The highest BCUT2D eigenvalue weighted by molar-refractivity contribution is 5.75. The minimum Gasteiger partial charge on any atom is -0.372 e. The van der Waals surface area contributed by atoms with Crippen molar-refractivity contribution >= 4 is 22.6 Å². The topological polar surface area (TPSA) is 146 Å². The summed E-state index contributed by atoms with van der Waals surface area (Å²) in [7, 11) is 0. The Labute approximate surface area is 154 Å². The first-order valence-electron chi connectivity index (χ1n) is 8.27. The number of H-pyrrole nitrogens is 1. The van der Waals surface area contributed by atoms with Crippen LogP contribution in [-0.4, -0.2) is 50.8 Å². The highest BCUT2D eigenvalue weighted by Gasteiger charge is 2.27. The molecule has 2 unspecified atom stereocenters. The summed E-state index contributed by atoms with van der Waals surface area (Å²) in [4.78, 5) is 13.1. The molecule has 1 aromatic heterocycles. The predicted octanol–water partition coefficient (Wildman–Crippen LogP) is 1.70. The SMILES string of the molecule is CC1CN(c2ccc(NC=C(C#N)c3nn[nH]n3)cc2[N+](=O)[O-])CC(C)O1. The van der Waals surface area contributed by atoms with Crippen LogP contribution in [-0.2, 0) is 4.74 Å². The molecule has 0 radical (unpaired) electrons. The lowest BCUT2D eigenvalue weighted by Crippen LogP contribution is -2.45. The fraction of sp³-hybridized carbons (Fsp3) is 0.375. The third-order valence-electron chi connectivity index (χ3n) is 4.02. The molecule has 2 atom stereocenters. The van der Waals surface area contributed by atoms with Gasteiger partial charge in [-0.05, 0) is 31.2 Å². The van der Waals surface area contributed by atoms with Crippen LogP contribution in [0.5, 0.6) is 0 Å². The van der Waals surface area contributed by atoms with Gasteiger partial charge >= 0.3 is 0 Å². The van der Waals surface area contributed by atoms with E-state index in [1.807, 2.05) is 24.8 Å². The number of anilines is 2. The number of benzene rings is 1. The zero-order valence-corrected chi connectivity index (χ0v) is 14.8. The van der Waals surface area contributed by atoms with Crippen LogP contribution >= 0.6 is 0 Å². The van der Waals surface area contributed by atoms with E-state index in [0.717, 1.165) is 0 Å². The first kappa shape index (κ1) is 18.3. The molecule has 2 heterocycles. The van der Waals surface area contributed by atoms with Crippen molar-refractivity contribution in [1.82, 2.24) is 20.6 Å². The predicted molar refractivity (Wildman–Crippen MR) is 96.7 cm³/mol. The summed E-state index contributed by atoms with van der Waals surface area (Å²) in [5.74, 6) is 0.132. The Morgan fingerprint density at radius 2 is 2.22 bits per heavy atom. The van der Waals surface area contributed by atoms with Crippen LogP contribution in [0.1, 0.15) is 19.7 Å². The first-order valence-corrected chi connectivity index (χ1v) is 8.27. The number of nitro benzene ring substituents is 1. The number of aromatic nitrogens is 4. The molecule has 0 saturated carbocycles. The Bertz CT molecular complexity index is 880. The van der Waals surface area contributed by atoms with Crippen molar-refractivity contribution in [2.75, 3.05) is 23.3 Å². The number of nitrogens with zero attached hydrogens (tertiary/aromatic N) is 6. The van der Waals surface area contributed by atoms with Crippen LogP contribution in [0.4, 0.5) is 17.1 Å². The van der Waals surface area contributed by atoms with Gasteiger partial charge in [0.15, 0.2) is 0 Å². The van der Waals surface area contributed by atoms with Gasteiger partial charge in [0.05, 0.1) is 17.1 Å². The summed E-state index contributed by atoms with van der Waals surface area (Å²) in [5.41, 5.74) is 1.13. The van der Waals surface area contributed by atoms with Gasteiger partial charge in [0.1, 0.15) is 17.3 Å². The molecule has 1 aliphatic heterocycles. The average molecular weight is 370 g/mol. The van der Waals surface area contributed by atoms with Gasteiger partial charge in [0, 0.05) is 31.0 Å². The van der Waals surface area contributed by atoms with Gasteiger partial charge in [0.2, 0.25) is 5.82 Å². The largest absolute Gasteiger partial charge is 0.372 e. The fourth-order valence-electron chi connectivity index (χ4n) is 2.98. The molecular formula is C16H18N8O3. The van der Waals surface area contributed by atoms with E-state index in [2.05, 4.69) is 25.9 Å². The summed E-state index contributed by atoms with van der Waals surface area (Å²) >= 11 is 0. The second kappa shape index (κ2) is 7.79.